The fourth-order valence-electron chi connectivity index (χ4n) is 2.10. The van der Waals surface area contributed by atoms with E-state index >= 15 is 0 Å². The summed E-state index contributed by atoms with van der Waals surface area (Å²) in [5.74, 6) is -0.227. The van der Waals surface area contributed by atoms with Gasteiger partial charge >= 0.3 is 5.51 Å². The number of thioether (sulfide) groups is 1. The number of rotatable bonds is 2. The Bertz CT molecular complexity index is 466. The number of nitriles is 1. The first-order valence-electron chi connectivity index (χ1n) is 5.86. The molecule has 1 heterocycles. The van der Waals surface area contributed by atoms with Gasteiger partial charge in [-0.2, -0.15) is 18.4 Å². The third-order valence-corrected chi connectivity index (χ3v) is 3.67. The van der Waals surface area contributed by atoms with Crippen molar-refractivity contribution in [2.75, 3.05) is 6.61 Å². The summed E-state index contributed by atoms with van der Waals surface area (Å²) in [5, 5.41) is 9.05. The van der Waals surface area contributed by atoms with Crippen molar-refractivity contribution in [3.8, 4) is 6.07 Å². The molecular formula is C13H12F3NOS. The Labute approximate surface area is 113 Å². The molecule has 1 aromatic rings. The van der Waals surface area contributed by atoms with Crippen LogP contribution in [0.15, 0.2) is 29.2 Å². The molecule has 1 aromatic carbocycles. The second-order valence-electron chi connectivity index (χ2n) is 4.29. The molecule has 1 aliphatic heterocycles. The summed E-state index contributed by atoms with van der Waals surface area (Å²) in [6, 6.07) is 8.24. The summed E-state index contributed by atoms with van der Waals surface area (Å²) in [6.07, 6.45) is 1.28. The molecular weight excluding hydrogens is 275 g/mol. The summed E-state index contributed by atoms with van der Waals surface area (Å²) >= 11 is -0.143. The maximum absolute atomic E-state index is 12.2. The van der Waals surface area contributed by atoms with E-state index in [4.69, 9.17) is 10.00 Å². The predicted molar refractivity (Wildman–Crippen MR) is 65.4 cm³/mol. The minimum atomic E-state index is -4.28. The Morgan fingerprint density at radius 1 is 1.26 bits per heavy atom. The van der Waals surface area contributed by atoms with E-state index in [2.05, 4.69) is 6.07 Å². The number of nitrogens with zero attached hydrogens (tertiary/aromatic N) is 1. The maximum Gasteiger partial charge on any atom is 0.446 e. The first-order chi connectivity index (χ1) is 8.99. The highest BCUT2D eigenvalue weighted by atomic mass is 32.2. The average molecular weight is 287 g/mol. The van der Waals surface area contributed by atoms with Gasteiger partial charge in [-0.25, -0.2) is 0 Å². The van der Waals surface area contributed by atoms with E-state index in [1.807, 2.05) is 0 Å². The van der Waals surface area contributed by atoms with Gasteiger partial charge in [0.25, 0.3) is 0 Å². The highest BCUT2D eigenvalue weighted by Crippen LogP contribution is 2.38. The molecule has 1 fully saturated rings. The van der Waals surface area contributed by atoms with Gasteiger partial charge in [0.1, 0.15) is 0 Å². The largest absolute Gasteiger partial charge is 0.446 e. The topological polar surface area (TPSA) is 33.0 Å². The number of halogens is 3. The molecule has 0 aliphatic carbocycles. The lowest BCUT2D eigenvalue weighted by Gasteiger charge is -2.27. The van der Waals surface area contributed by atoms with Gasteiger partial charge in [0.2, 0.25) is 0 Å². The molecule has 0 aromatic heterocycles. The number of hydrogen-bond donors (Lipinski definition) is 0. The summed E-state index contributed by atoms with van der Waals surface area (Å²) in [6.45, 7) is 0.585. The van der Waals surface area contributed by atoms with Gasteiger partial charge in [0, 0.05) is 11.5 Å². The van der Waals surface area contributed by atoms with Crippen LogP contribution in [0.1, 0.15) is 24.5 Å². The predicted octanol–water partition coefficient (Wildman–Crippen LogP) is 4.29. The van der Waals surface area contributed by atoms with Crippen LogP contribution in [0.5, 0.6) is 0 Å². The zero-order valence-corrected chi connectivity index (χ0v) is 10.8. The van der Waals surface area contributed by atoms with E-state index in [9.17, 15) is 13.2 Å². The molecule has 2 unspecified atom stereocenters. The summed E-state index contributed by atoms with van der Waals surface area (Å²) < 4.78 is 42.2. The highest BCUT2D eigenvalue weighted by molar-refractivity contribution is 8.00. The lowest BCUT2D eigenvalue weighted by Crippen LogP contribution is -2.21. The Morgan fingerprint density at radius 3 is 2.53 bits per heavy atom. The zero-order valence-electron chi connectivity index (χ0n) is 9.98. The molecule has 0 saturated carbocycles. The Kier molecular flexibility index (Phi) is 4.38. The zero-order chi connectivity index (χ0) is 13.9. The van der Waals surface area contributed by atoms with Gasteiger partial charge in [0.15, 0.2) is 0 Å². The molecule has 0 bridgehead atoms. The third-order valence-electron chi connectivity index (χ3n) is 2.93. The molecule has 6 heteroatoms. The van der Waals surface area contributed by atoms with E-state index < -0.39 is 5.51 Å². The molecule has 2 rings (SSSR count). The van der Waals surface area contributed by atoms with E-state index in [1.165, 1.54) is 12.1 Å². The molecule has 0 spiro atoms. The van der Waals surface area contributed by atoms with Crippen molar-refractivity contribution in [2.45, 2.75) is 29.3 Å². The molecule has 2 atom stereocenters. The van der Waals surface area contributed by atoms with Crippen molar-refractivity contribution < 1.29 is 17.9 Å². The lowest BCUT2D eigenvalue weighted by molar-refractivity contribution is -0.0328. The molecule has 19 heavy (non-hydrogen) atoms. The van der Waals surface area contributed by atoms with Gasteiger partial charge in [-0.3, -0.25) is 0 Å². The van der Waals surface area contributed by atoms with E-state index in [0.29, 0.717) is 6.61 Å². The standard InChI is InChI=1S/C13H12F3NOS/c14-13(15,16)19-11-5-3-9(4-6-11)12-10(8-17)2-1-7-18-12/h3-6,10,12H,1-2,7H2. The van der Waals surface area contributed by atoms with Crippen LogP contribution in [0, 0.1) is 17.2 Å². The number of hydrogen-bond acceptors (Lipinski definition) is 3. The first-order valence-corrected chi connectivity index (χ1v) is 6.68. The Morgan fingerprint density at radius 2 is 1.95 bits per heavy atom. The Balaban J connectivity index is 2.11. The maximum atomic E-state index is 12.2. The fourth-order valence-corrected chi connectivity index (χ4v) is 2.64. The van der Waals surface area contributed by atoms with Crippen LogP contribution >= 0.6 is 11.8 Å². The second kappa shape index (κ2) is 5.85. The first kappa shape index (κ1) is 14.2. The Hall–Kier alpha value is -1.19. The number of ether oxygens (including phenoxy) is 1. The second-order valence-corrected chi connectivity index (χ2v) is 5.42. The van der Waals surface area contributed by atoms with Gasteiger partial charge in [-0.1, -0.05) is 12.1 Å². The van der Waals surface area contributed by atoms with Crippen molar-refractivity contribution in [1.29, 1.82) is 5.26 Å². The highest BCUT2D eigenvalue weighted by Gasteiger charge is 2.30. The normalized spacial score (nSPS) is 23.9. The summed E-state index contributed by atoms with van der Waals surface area (Å²) in [4.78, 5) is 0.139. The molecule has 1 aliphatic rings. The van der Waals surface area contributed by atoms with Crippen LogP contribution < -0.4 is 0 Å². The minimum absolute atomic E-state index is 0.139. The van der Waals surface area contributed by atoms with Crippen LogP contribution in [-0.2, 0) is 4.74 Å². The third kappa shape index (κ3) is 3.88. The van der Waals surface area contributed by atoms with Crippen molar-refractivity contribution in [3.63, 3.8) is 0 Å². The van der Waals surface area contributed by atoms with Crippen LogP contribution in [0.4, 0.5) is 13.2 Å². The summed E-state index contributed by atoms with van der Waals surface area (Å²) in [5.41, 5.74) is -3.52. The van der Waals surface area contributed by atoms with Gasteiger partial charge in [0.05, 0.1) is 18.1 Å². The van der Waals surface area contributed by atoms with Crippen molar-refractivity contribution in [1.82, 2.24) is 0 Å². The van der Waals surface area contributed by atoms with Crippen LogP contribution in [-0.4, -0.2) is 12.1 Å². The average Bonchev–Trinajstić information content (AvgIpc) is 2.38. The van der Waals surface area contributed by atoms with Crippen molar-refractivity contribution in [3.05, 3.63) is 29.8 Å². The van der Waals surface area contributed by atoms with Crippen LogP contribution in [0.3, 0.4) is 0 Å². The molecule has 0 radical (unpaired) electrons. The van der Waals surface area contributed by atoms with Crippen molar-refractivity contribution in [2.24, 2.45) is 5.92 Å². The van der Waals surface area contributed by atoms with E-state index in [0.717, 1.165) is 18.4 Å². The van der Waals surface area contributed by atoms with Crippen LogP contribution in [0.2, 0.25) is 0 Å². The SMILES string of the molecule is N#CC1CCCOC1c1ccc(SC(F)(F)F)cc1. The lowest BCUT2D eigenvalue weighted by atomic mass is 9.91. The monoisotopic (exact) mass is 287 g/mol. The van der Waals surface area contributed by atoms with E-state index in [1.54, 1.807) is 12.1 Å². The van der Waals surface area contributed by atoms with Crippen molar-refractivity contribution >= 4 is 11.8 Å². The molecule has 102 valence electrons. The van der Waals surface area contributed by atoms with Crippen LogP contribution in [0.25, 0.3) is 0 Å². The minimum Gasteiger partial charge on any atom is -0.372 e. The smallest absolute Gasteiger partial charge is 0.372 e. The molecule has 0 N–H and O–H groups in total. The van der Waals surface area contributed by atoms with E-state index in [-0.39, 0.29) is 28.7 Å². The molecule has 0 amide bonds. The van der Waals surface area contributed by atoms with Gasteiger partial charge in [-0.15, -0.1) is 0 Å². The number of alkyl halides is 3. The number of benzene rings is 1. The fraction of sp³-hybridized carbons (Fsp3) is 0.462. The van der Waals surface area contributed by atoms with Gasteiger partial charge < -0.3 is 4.74 Å². The quantitative estimate of drug-likeness (QED) is 0.761. The molecule has 1 saturated heterocycles. The van der Waals surface area contributed by atoms with Gasteiger partial charge in [-0.05, 0) is 42.3 Å². The summed E-state index contributed by atoms with van der Waals surface area (Å²) in [7, 11) is 0. The molecule has 2 nitrogen and oxygen atoms in total.